The Labute approximate surface area is 220 Å². The Morgan fingerprint density at radius 3 is 2.56 bits per heavy atom. The van der Waals surface area contributed by atoms with Crippen LogP contribution in [0.15, 0.2) is 12.3 Å². The lowest BCUT2D eigenvalue weighted by atomic mass is 9.88. The summed E-state index contributed by atoms with van der Waals surface area (Å²) in [6, 6.07) is 1.45. The van der Waals surface area contributed by atoms with E-state index < -0.39 is 29.8 Å². The predicted octanol–water partition coefficient (Wildman–Crippen LogP) is 3.61. The summed E-state index contributed by atoms with van der Waals surface area (Å²) in [5, 5.41) is 39.9. The number of aliphatic hydroxyl groups excluding tert-OH is 2. The largest absolute Gasteiger partial charge is 0.390 e. The third-order valence-corrected chi connectivity index (χ3v) is 8.81. The number of anilines is 2. The minimum absolute atomic E-state index is 0.393. The molecule has 1 aliphatic rings. The van der Waals surface area contributed by atoms with Crippen LogP contribution < -0.4 is 10.6 Å². The van der Waals surface area contributed by atoms with Crippen molar-refractivity contribution in [2.45, 2.75) is 77.1 Å². The smallest absolute Gasteiger partial charge is 0.224 e. The molecule has 196 valence electrons. The molecule has 3 aromatic rings. The standard InChI is InChI=1S/C25H36N6O3S2/c1-7-35-12(2)11-27-24-28-13(3)18(23-30-19-14(4)26-9-8-17(19)36-23)22(31-24)29-16-10-15(25(5,6)34)20(32)21(16)33/h8-9,12,15-16,20-21,32-34H,7,10-11H2,1-6H3,(H2,27,28,29,31)/t12-,15+,16-,20-,21+/m1/s1. The molecular formula is C25H36N6O3S2. The Morgan fingerprint density at radius 1 is 1.17 bits per heavy atom. The lowest BCUT2D eigenvalue weighted by Gasteiger charge is -2.28. The zero-order valence-corrected chi connectivity index (χ0v) is 23.2. The van der Waals surface area contributed by atoms with Crippen molar-refractivity contribution in [3.8, 4) is 10.6 Å². The van der Waals surface area contributed by atoms with Crippen LogP contribution in [0.25, 0.3) is 20.8 Å². The SMILES string of the molecule is CCS[C@H](C)CNc1nc(C)c(-c2nc3c(C)nccc3s2)c(N[C@@H]2C[C@H](C(C)(C)O)[C@@H](O)[C@H]2O)n1. The van der Waals surface area contributed by atoms with Crippen LogP contribution in [0.4, 0.5) is 11.8 Å². The van der Waals surface area contributed by atoms with Crippen LogP contribution in [0.2, 0.25) is 0 Å². The number of fused-ring (bicyclic) bond motifs is 1. The van der Waals surface area contributed by atoms with Gasteiger partial charge in [-0.2, -0.15) is 16.7 Å². The molecule has 0 unspecified atom stereocenters. The Hall–Kier alpha value is -2.05. The van der Waals surface area contributed by atoms with Crippen LogP contribution in [0.5, 0.6) is 0 Å². The Kier molecular flexibility index (Phi) is 8.06. The molecule has 1 aliphatic carbocycles. The van der Waals surface area contributed by atoms with Gasteiger partial charge in [-0.05, 0) is 45.9 Å². The van der Waals surface area contributed by atoms with Crippen LogP contribution in [-0.2, 0) is 0 Å². The van der Waals surface area contributed by atoms with Crippen LogP contribution >= 0.6 is 23.1 Å². The molecule has 0 amide bonds. The van der Waals surface area contributed by atoms with Crippen molar-refractivity contribution in [1.82, 2.24) is 19.9 Å². The van der Waals surface area contributed by atoms with Gasteiger partial charge in [-0.3, -0.25) is 4.98 Å². The molecule has 36 heavy (non-hydrogen) atoms. The summed E-state index contributed by atoms with van der Waals surface area (Å²) in [5.74, 6) is 1.59. The van der Waals surface area contributed by atoms with Crippen molar-refractivity contribution in [3.63, 3.8) is 0 Å². The lowest BCUT2D eigenvalue weighted by molar-refractivity contribution is -0.0601. The molecule has 0 aromatic carbocycles. The second-order valence-electron chi connectivity index (χ2n) is 9.99. The molecule has 1 fully saturated rings. The number of aryl methyl sites for hydroxylation is 2. The lowest BCUT2D eigenvalue weighted by Crippen LogP contribution is -2.40. The van der Waals surface area contributed by atoms with E-state index in [-0.39, 0.29) is 0 Å². The summed E-state index contributed by atoms with van der Waals surface area (Å²) in [6.07, 6.45) is 0.0697. The van der Waals surface area contributed by atoms with Gasteiger partial charge in [-0.15, -0.1) is 11.3 Å². The molecule has 9 nitrogen and oxygen atoms in total. The van der Waals surface area contributed by atoms with E-state index in [2.05, 4.69) is 29.5 Å². The number of nitrogens with one attached hydrogen (secondary N) is 2. The molecule has 5 atom stereocenters. The highest BCUT2D eigenvalue weighted by atomic mass is 32.2. The third-order valence-electron chi connectivity index (χ3n) is 6.70. The van der Waals surface area contributed by atoms with Crippen molar-refractivity contribution in [1.29, 1.82) is 0 Å². The van der Waals surface area contributed by atoms with Gasteiger partial charge >= 0.3 is 0 Å². The number of rotatable bonds is 9. The van der Waals surface area contributed by atoms with E-state index in [0.717, 1.165) is 37.9 Å². The molecule has 0 bridgehead atoms. The maximum Gasteiger partial charge on any atom is 0.224 e. The van der Waals surface area contributed by atoms with Crippen molar-refractivity contribution < 1.29 is 15.3 Å². The molecule has 0 radical (unpaired) electrons. The first-order valence-corrected chi connectivity index (χ1v) is 14.2. The van der Waals surface area contributed by atoms with E-state index in [0.29, 0.717) is 30.0 Å². The number of thiazole rings is 1. The van der Waals surface area contributed by atoms with E-state index >= 15 is 0 Å². The fraction of sp³-hybridized carbons (Fsp3) is 0.600. The number of thioether (sulfide) groups is 1. The summed E-state index contributed by atoms with van der Waals surface area (Å²) in [4.78, 5) is 18.7. The second-order valence-corrected chi connectivity index (χ2v) is 12.7. The van der Waals surface area contributed by atoms with Crippen LogP contribution in [0, 0.1) is 19.8 Å². The molecule has 3 heterocycles. The van der Waals surface area contributed by atoms with Crippen molar-refractivity contribution in [3.05, 3.63) is 23.7 Å². The first-order valence-electron chi connectivity index (χ1n) is 12.3. The van der Waals surface area contributed by atoms with Crippen LogP contribution in [0.3, 0.4) is 0 Å². The van der Waals surface area contributed by atoms with Gasteiger partial charge in [-0.25, -0.2) is 9.97 Å². The van der Waals surface area contributed by atoms with Crippen molar-refractivity contribution >= 4 is 45.1 Å². The number of nitrogens with zero attached hydrogens (tertiary/aromatic N) is 4. The fourth-order valence-electron chi connectivity index (χ4n) is 4.73. The average molecular weight is 533 g/mol. The maximum atomic E-state index is 10.8. The van der Waals surface area contributed by atoms with E-state index in [4.69, 9.17) is 15.0 Å². The molecule has 3 aromatic heterocycles. The van der Waals surface area contributed by atoms with Crippen LogP contribution in [-0.4, -0.2) is 76.7 Å². The fourth-order valence-corrected chi connectivity index (χ4v) is 6.62. The van der Waals surface area contributed by atoms with Crippen molar-refractivity contribution in [2.75, 3.05) is 22.9 Å². The van der Waals surface area contributed by atoms with Gasteiger partial charge in [0.15, 0.2) is 0 Å². The molecule has 11 heteroatoms. The van der Waals surface area contributed by atoms with E-state index in [9.17, 15) is 15.3 Å². The molecule has 0 spiro atoms. The number of hydrogen-bond acceptors (Lipinski definition) is 11. The molecule has 1 saturated carbocycles. The van der Waals surface area contributed by atoms with Crippen molar-refractivity contribution in [2.24, 2.45) is 5.92 Å². The van der Waals surface area contributed by atoms with Gasteiger partial charge in [0, 0.05) is 23.9 Å². The zero-order valence-electron chi connectivity index (χ0n) is 21.6. The summed E-state index contributed by atoms with van der Waals surface area (Å²) >= 11 is 3.40. The maximum absolute atomic E-state index is 10.8. The van der Waals surface area contributed by atoms with Gasteiger partial charge in [0.05, 0.1) is 39.4 Å². The number of pyridine rings is 1. The topological polar surface area (TPSA) is 136 Å². The summed E-state index contributed by atoms with van der Waals surface area (Å²) in [7, 11) is 0. The number of aromatic nitrogens is 4. The third kappa shape index (κ3) is 5.60. The number of hydrogen-bond donors (Lipinski definition) is 5. The van der Waals surface area contributed by atoms with E-state index in [1.807, 2.05) is 31.7 Å². The van der Waals surface area contributed by atoms with Crippen LogP contribution in [0.1, 0.15) is 45.5 Å². The van der Waals surface area contributed by atoms with Gasteiger partial charge < -0.3 is 26.0 Å². The number of aliphatic hydroxyl groups is 3. The predicted molar refractivity (Wildman–Crippen MR) is 148 cm³/mol. The van der Waals surface area contributed by atoms with E-state index in [1.54, 1.807) is 31.4 Å². The molecule has 4 rings (SSSR count). The van der Waals surface area contributed by atoms with Gasteiger partial charge in [0.1, 0.15) is 22.4 Å². The summed E-state index contributed by atoms with van der Waals surface area (Å²) in [6.45, 7) is 12.2. The molecule has 5 N–H and O–H groups in total. The van der Waals surface area contributed by atoms with Gasteiger partial charge in [0.25, 0.3) is 0 Å². The Balaban J connectivity index is 1.73. The Bertz CT molecular complexity index is 1210. The summed E-state index contributed by atoms with van der Waals surface area (Å²) in [5.41, 5.74) is 2.08. The second kappa shape index (κ2) is 10.7. The molecule has 0 aliphatic heterocycles. The van der Waals surface area contributed by atoms with Gasteiger partial charge in [0.2, 0.25) is 5.95 Å². The first-order chi connectivity index (χ1) is 17.0. The molecule has 0 saturated heterocycles. The first kappa shape index (κ1) is 27.0. The monoisotopic (exact) mass is 532 g/mol. The minimum Gasteiger partial charge on any atom is -0.390 e. The van der Waals surface area contributed by atoms with Gasteiger partial charge in [-0.1, -0.05) is 13.8 Å². The summed E-state index contributed by atoms with van der Waals surface area (Å²) < 4.78 is 1.02. The highest BCUT2D eigenvalue weighted by Crippen LogP contribution is 2.40. The molecular weight excluding hydrogens is 496 g/mol. The highest BCUT2D eigenvalue weighted by molar-refractivity contribution is 7.99. The average Bonchev–Trinajstić information content (AvgIpc) is 3.35. The minimum atomic E-state index is -1.13. The zero-order chi connectivity index (χ0) is 26.2. The normalized spacial score (nSPS) is 23.2. The highest BCUT2D eigenvalue weighted by Gasteiger charge is 2.48. The van der Waals surface area contributed by atoms with E-state index in [1.165, 1.54) is 0 Å². The Morgan fingerprint density at radius 2 is 1.92 bits per heavy atom. The quantitative estimate of drug-likeness (QED) is 0.278.